The number of methoxy groups -OCH3 is 1. The van der Waals surface area contributed by atoms with Gasteiger partial charge < -0.3 is 14.4 Å². The highest BCUT2D eigenvalue weighted by Crippen LogP contribution is 2.33. The molecule has 182 valence electrons. The molecule has 0 saturated heterocycles. The molecule has 1 aromatic rings. The molecule has 0 saturated carbocycles. The van der Waals surface area contributed by atoms with Crippen LogP contribution in [0.1, 0.15) is 76.9 Å². The van der Waals surface area contributed by atoms with E-state index in [0.29, 0.717) is 12.3 Å². The monoisotopic (exact) mass is 456 g/mol. The second-order valence-corrected chi connectivity index (χ2v) is 8.54. The van der Waals surface area contributed by atoms with E-state index < -0.39 is 11.4 Å². The maximum atomic E-state index is 12.5. The lowest BCUT2D eigenvalue weighted by Gasteiger charge is -2.25. The van der Waals surface area contributed by atoms with Crippen LogP contribution in [0.15, 0.2) is 51.6 Å². The fourth-order valence-electron chi connectivity index (χ4n) is 3.39. The van der Waals surface area contributed by atoms with Crippen molar-refractivity contribution in [2.24, 2.45) is 16.8 Å². The smallest absolute Gasteiger partial charge is 0.341 e. The van der Waals surface area contributed by atoms with Crippen LogP contribution in [0, 0.1) is 11.8 Å². The van der Waals surface area contributed by atoms with Crippen LogP contribution in [0.4, 0.5) is 0 Å². The quantitative estimate of drug-likeness (QED) is 0.522. The number of aryl methyl sites for hydroxylation is 1. The van der Waals surface area contributed by atoms with E-state index in [0.717, 1.165) is 41.3 Å². The van der Waals surface area contributed by atoms with E-state index in [1.165, 1.54) is 18.7 Å². The van der Waals surface area contributed by atoms with Gasteiger partial charge in [0.25, 0.3) is 0 Å². The molecule has 1 heterocycles. The third-order valence-corrected chi connectivity index (χ3v) is 5.75. The molecule has 1 N–H and O–H groups in total. The van der Waals surface area contributed by atoms with Gasteiger partial charge in [-0.05, 0) is 36.3 Å². The minimum Gasteiger partial charge on any atom is -0.494 e. The van der Waals surface area contributed by atoms with Crippen molar-refractivity contribution < 1.29 is 14.6 Å². The number of nitrogens with zero attached hydrogens (tertiary/aromatic N) is 2. The Kier molecular flexibility index (Phi) is 11.6. The van der Waals surface area contributed by atoms with Gasteiger partial charge in [-0.15, -0.1) is 0 Å². The molecule has 0 radical (unpaired) electrons. The first-order valence-corrected chi connectivity index (χ1v) is 11.8. The van der Waals surface area contributed by atoms with E-state index in [9.17, 15) is 14.7 Å². The zero-order valence-electron chi connectivity index (χ0n) is 21.4. The van der Waals surface area contributed by atoms with Crippen molar-refractivity contribution in [1.82, 2.24) is 4.57 Å². The fraction of sp³-hybridized carbons (Fsp3) is 0.519. The molecule has 0 amide bonds. The number of aliphatic imine (C=N–C) groups is 1. The van der Waals surface area contributed by atoms with Gasteiger partial charge in [0.15, 0.2) is 5.43 Å². The molecule has 2 rings (SSSR count). The van der Waals surface area contributed by atoms with Crippen LogP contribution in [0.25, 0.3) is 5.57 Å². The molecule has 0 fully saturated rings. The SMILES string of the molecule is CCC(C)C.CCCn1cc(C(=O)O)c(=O)cc1/C(=C1\C=CC=C(OC)C1=NC)C(C)CC. The molecule has 1 unspecified atom stereocenters. The zero-order valence-corrected chi connectivity index (χ0v) is 21.4. The van der Waals surface area contributed by atoms with E-state index in [2.05, 4.69) is 39.6 Å². The molecule has 0 aromatic carbocycles. The number of hydrogen-bond donors (Lipinski definition) is 1. The van der Waals surface area contributed by atoms with Crippen LogP contribution in [0.5, 0.6) is 0 Å². The number of pyridine rings is 1. The number of allylic oxidation sites excluding steroid dienone is 5. The predicted octanol–water partition coefficient (Wildman–Crippen LogP) is 5.98. The summed E-state index contributed by atoms with van der Waals surface area (Å²) in [5.41, 5.74) is 2.59. The second kappa shape index (κ2) is 13.6. The van der Waals surface area contributed by atoms with Crippen LogP contribution >= 0.6 is 0 Å². The standard InChI is InChI=1S/C22H28N2O4.C5H12/c1-6-11-24-13-16(22(26)27)18(25)12-17(24)20(14(3)7-2)15-9-8-10-19(28-5)21(15)23-4;1-4-5(2)3/h8-10,12-14H,6-7,11H2,1-5H3,(H,26,27);5H,4H2,1-3H3/b20-15+,23-21?;. The van der Waals surface area contributed by atoms with Crippen LogP contribution in [-0.4, -0.2) is 35.5 Å². The third-order valence-electron chi connectivity index (χ3n) is 5.75. The van der Waals surface area contributed by atoms with E-state index in [1.807, 2.05) is 29.7 Å². The Morgan fingerprint density at radius 3 is 2.27 bits per heavy atom. The zero-order chi connectivity index (χ0) is 25.1. The number of carbonyl (C=O) groups is 1. The highest BCUT2D eigenvalue weighted by molar-refractivity contribution is 6.18. The summed E-state index contributed by atoms with van der Waals surface area (Å²) in [4.78, 5) is 28.4. The van der Waals surface area contributed by atoms with Crippen LogP contribution in [-0.2, 0) is 11.3 Å². The van der Waals surface area contributed by atoms with Crippen molar-refractivity contribution in [2.45, 2.75) is 67.3 Å². The summed E-state index contributed by atoms with van der Waals surface area (Å²) >= 11 is 0. The molecule has 1 aliphatic carbocycles. The molecule has 6 nitrogen and oxygen atoms in total. The third kappa shape index (κ3) is 7.31. The summed E-state index contributed by atoms with van der Waals surface area (Å²) in [6, 6.07) is 1.44. The second-order valence-electron chi connectivity index (χ2n) is 8.54. The summed E-state index contributed by atoms with van der Waals surface area (Å²) in [6.07, 6.45) is 10.2. The fourth-order valence-corrected chi connectivity index (χ4v) is 3.39. The molecule has 0 spiro atoms. The summed E-state index contributed by atoms with van der Waals surface area (Å²) in [6.45, 7) is 13.5. The first kappa shape index (κ1) is 28.1. The van der Waals surface area contributed by atoms with Gasteiger partial charge in [-0.2, -0.15) is 0 Å². The number of carboxylic acids is 1. The van der Waals surface area contributed by atoms with Gasteiger partial charge in [0.1, 0.15) is 17.0 Å². The van der Waals surface area contributed by atoms with Crippen molar-refractivity contribution in [3.8, 4) is 0 Å². The Morgan fingerprint density at radius 2 is 1.82 bits per heavy atom. The van der Waals surface area contributed by atoms with Gasteiger partial charge in [-0.1, -0.05) is 60.1 Å². The van der Waals surface area contributed by atoms with E-state index in [4.69, 9.17) is 4.74 Å². The van der Waals surface area contributed by atoms with Crippen molar-refractivity contribution >= 4 is 17.3 Å². The Labute approximate surface area is 198 Å². The molecule has 6 heteroatoms. The Hall–Kier alpha value is -2.89. The lowest BCUT2D eigenvalue weighted by atomic mass is 9.86. The van der Waals surface area contributed by atoms with Gasteiger partial charge >= 0.3 is 5.97 Å². The van der Waals surface area contributed by atoms with E-state index >= 15 is 0 Å². The number of carboxylic acid groups (broad SMARTS) is 1. The normalized spacial score (nSPS) is 16.8. The van der Waals surface area contributed by atoms with Crippen molar-refractivity contribution in [3.63, 3.8) is 0 Å². The van der Waals surface area contributed by atoms with Gasteiger partial charge in [-0.25, -0.2) is 4.79 Å². The number of aromatic nitrogens is 1. The molecular weight excluding hydrogens is 416 g/mol. The Morgan fingerprint density at radius 1 is 1.18 bits per heavy atom. The van der Waals surface area contributed by atoms with Crippen molar-refractivity contribution in [1.29, 1.82) is 0 Å². The maximum Gasteiger partial charge on any atom is 0.341 e. The topological polar surface area (TPSA) is 80.9 Å². The Bertz CT molecular complexity index is 994. The lowest BCUT2D eigenvalue weighted by Crippen LogP contribution is -2.23. The van der Waals surface area contributed by atoms with Crippen molar-refractivity contribution in [3.05, 3.63) is 63.3 Å². The Balaban J connectivity index is 0.000000981. The van der Waals surface area contributed by atoms with Gasteiger partial charge in [0.05, 0.1) is 7.11 Å². The molecule has 0 bridgehead atoms. The summed E-state index contributed by atoms with van der Waals surface area (Å²) in [7, 11) is 3.31. The van der Waals surface area contributed by atoms with Crippen LogP contribution in [0.3, 0.4) is 0 Å². The van der Waals surface area contributed by atoms with Gasteiger partial charge in [0, 0.05) is 37.1 Å². The molecule has 1 aliphatic rings. The summed E-state index contributed by atoms with van der Waals surface area (Å²) in [5, 5.41) is 9.36. The minimum absolute atomic E-state index is 0.130. The molecule has 33 heavy (non-hydrogen) atoms. The molecule has 0 aliphatic heterocycles. The maximum absolute atomic E-state index is 12.5. The molecule has 1 atom stereocenters. The number of aromatic carboxylic acids is 1. The van der Waals surface area contributed by atoms with E-state index in [1.54, 1.807) is 14.2 Å². The van der Waals surface area contributed by atoms with Crippen molar-refractivity contribution in [2.75, 3.05) is 14.2 Å². The molecular formula is C27H40N2O4. The average Bonchev–Trinajstić information content (AvgIpc) is 2.80. The summed E-state index contributed by atoms with van der Waals surface area (Å²) in [5.74, 6) is 0.463. The highest BCUT2D eigenvalue weighted by Gasteiger charge is 2.25. The number of ether oxygens (including phenoxy) is 1. The molecule has 1 aromatic heterocycles. The van der Waals surface area contributed by atoms with Crippen LogP contribution in [0.2, 0.25) is 0 Å². The first-order valence-electron chi connectivity index (χ1n) is 11.8. The predicted molar refractivity (Wildman–Crippen MR) is 137 cm³/mol. The highest BCUT2D eigenvalue weighted by atomic mass is 16.5. The largest absolute Gasteiger partial charge is 0.494 e. The number of rotatable bonds is 8. The number of hydrogen-bond acceptors (Lipinski definition) is 4. The summed E-state index contributed by atoms with van der Waals surface area (Å²) < 4.78 is 7.34. The first-order chi connectivity index (χ1) is 15.7. The van der Waals surface area contributed by atoms with Crippen LogP contribution < -0.4 is 5.43 Å². The van der Waals surface area contributed by atoms with E-state index in [-0.39, 0.29) is 11.5 Å². The lowest BCUT2D eigenvalue weighted by molar-refractivity contribution is 0.0694. The van der Waals surface area contributed by atoms with Gasteiger partial charge in [0.2, 0.25) is 0 Å². The average molecular weight is 457 g/mol. The minimum atomic E-state index is -1.21. The van der Waals surface area contributed by atoms with Gasteiger partial charge in [-0.3, -0.25) is 9.79 Å².